The summed E-state index contributed by atoms with van der Waals surface area (Å²) >= 11 is 0. The molecule has 0 unspecified atom stereocenters. The Kier molecular flexibility index (Phi) is 7.21. The van der Waals surface area contributed by atoms with Crippen LogP contribution in [-0.2, 0) is 9.59 Å². The van der Waals surface area contributed by atoms with Gasteiger partial charge in [-0.15, -0.1) is 0 Å². The van der Waals surface area contributed by atoms with Crippen molar-refractivity contribution in [1.29, 1.82) is 0 Å². The van der Waals surface area contributed by atoms with Crippen molar-refractivity contribution in [1.82, 2.24) is 10.9 Å². The molecule has 0 radical (unpaired) electrons. The summed E-state index contributed by atoms with van der Waals surface area (Å²) in [5, 5.41) is 8.55. The number of carbonyl (C=O) groups excluding carboxylic acids is 2. The maximum Gasteiger partial charge on any atom is 0.248 e. The fraction of sp³-hybridized carbons (Fsp3) is 0.800. The molecule has 2 N–H and O–H groups in total. The van der Waals surface area contributed by atoms with Gasteiger partial charge in [-0.3, -0.25) is 9.59 Å². The van der Waals surface area contributed by atoms with Gasteiger partial charge in [-0.25, -0.2) is 10.9 Å². The van der Waals surface area contributed by atoms with E-state index in [2.05, 4.69) is 21.1 Å². The van der Waals surface area contributed by atoms with Crippen molar-refractivity contribution in [3.05, 3.63) is 0 Å². The first-order valence-corrected chi connectivity index (χ1v) is 10.5. The van der Waals surface area contributed by atoms with Gasteiger partial charge in [0.15, 0.2) is 0 Å². The van der Waals surface area contributed by atoms with Crippen molar-refractivity contribution < 1.29 is 9.59 Å². The zero-order valence-electron chi connectivity index (χ0n) is 15.8. The predicted octanol–water partition coefficient (Wildman–Crippen LogP) is 3.67. The molecule has 3 aliphatic rings. The van der Waals surface area contributed by atoms with Crippen LogP contribution in [0.25, 0.3) is 0 Å². The third-order valence-corrected chi connectivity index (χ3v) is 5.91. The molecule has 1 saturated carbocycles. The maximum absolute atomic E-state index is 12.0. The lowest BCUT2D eigenvalue weighted by molar-refractivity contribution is -0.123. The van der Waals surface area contributed by atoms with E-state index in [1.807, 2.05) is 0 Å². The van der Waals surface area contributed by atoms with Gasteiger partial charge in [-0.05, 0) is 38.5 Å². The molecule has 2 atom stereocenters. The fourth-order valence-electron chi connectivity index (χ4n) is 4.29. The van der Waals surface area contributed by atoms with Crippen molar-refractivity contribution in [3.8, 4) is 0 Å². The van der Waals surface area contributed by atoms with Crippen molar-refractivity contribution in [2.75, 3.05) is 0 Å². The minimum absolute atomic E-state index is 0.0135. The Morgan fingerprint density at radius 2 is 0.962 bits per heavy atom. The molecule has 6 heteroatoms. The molecule has 2 heterocycles. The smallest absolute Gasteiger partial charge is 0.248 e. The Morgan fingerprint density at radius 3 is 1.42 bits per heavy atom. The summed E-state index contributed by atoms with van der Waals surface area (Å²) in [6.07, 6.45) is 15.1. The molecule has 144 valence electrons. The van der Waals surface area contributed by atoms with Crippen LogP contribution in [0.3, 0.4) is 0 Å². The van der Waals surface area contributed by atoms with Crippen LogP contribution in [0.4, 0.5) is 0 Å². The molecule has 1 fully saturated rings. The van der Waals surface area contributed by atoms with Crippen molar-refractivity contribution in [3.63, 3.8) is 0 Å². The summed E-state index contributed by atoms with van der Waals surface area (Å²) in [7, 11) is 0. The highest BCUT2D eigenvalue weighted by atomic mass is 16.2. The summed E-state index contributed by atoms with van der Waals surface area (Å²) in [6.45, 7) is 0. The molecule has 2 aliphatic heterocycles. The quantitative estimate of drug-likeness (QED) is 0.691. The molecule has 26 heavy (non-hydrogen) atoms. The lowest BCUT2D eigenvalue weighted by Gasteiger charge is -2.12. The first-order valence-electron chi connectivity index (χ1n) is 10.5. The fourth-order valence-corrected chi connectivity index (χ4v) is 4.29. The topological polar surface area (TPSA) is 82.9 Å². The second-order valence-corrected chi connectivity index (χ2v) is 7.88. The van der Waals surface area contributed by atoms with E-state index in [1.165, 1.54) is 12.8 Å². The van der Waals surface area contributed by atoms with Gasteiger partial charge in [-0.1, -0.05) is 51.4 Å². The standard InChI is InChI=1S/C20H32N4O2/c25-19-15-11-7-3-1-5-9-13-17-16(20(26)24-21-17)12-8-4-2-6-10-14-18(15)22-23-19/h15-16H,1-14H2,(H,23,25)(H,24,26)/t15-,16+. The van der Waals surface area contributed by atoms with Crippen molar-refractivity contribution in [2.24, 2.45) is 22.0 Å². The van der Waals surface area contributed by atoms with Crippen LogP contribution >= 0.6 is 0 Å². The van der Waals surface area contributed by atoms with E-state index in [0.29, 0.717) is 0 Å². The molecule has 0 aromatic carbocycles. The molecule has 3 rings (SSSR count). The third kappa shape index (κ3) is 5.15. The van der Waals surface area contributed by atoms with Gasteiger partial charge >= 0.3 is 0 Å². The summed E-state index contributed by atoms with van der Waals surface area (Å²) in [6, 6.07) is 0. The summed E-state index contributed by atoms with van der Waals surface area (Å²) in [5.41, 5.74) is 7.49. The Balaban J connectivity index is 1.50. The number of nitrogens with zero attached hydrogens (tertiary/aromatic N) is 2. The molecule has 0 bridgehead atoms. The van der Waals surface area contributed by atoms with Gasteiger partial charge in [0.1, 0.15) is 0 Å². The van der Waals surface area contributed by atoms with E-state index in [-0.39, 0.29) is 23.7 Å². The highest BCUT2D eigenvalue weighted by Gasteiger charge is 2.29. The minimum atomic E-state index is 0.0135. The summed E-state index contributed by atoms with van der Waals surface area (Å²) < 4.78 is 0. The molecule has 0 saturated heterocycles. The van der Waals surface area contributed by atoms with Gasteiger partial charge < -0.3 is 0 Å². The number of fused-ring (bicyclic) bond motifs is 2. The van der Waals surface area contributed by atoms with E-state index in [1.54, 1.807) is 0 Å². The number of hydrogen-bond acceptors (Lipinski definition) is 4. The number of amides is 2. The largest absolute Gasteiger partial charge is 0.272 e. The zero-order chi connectivity index (χ0) is 18.2. The third-order valence-electron chi connectivity index (χ3n) is 5.91. The van der Waals surface area contributed by atoms with Crippen LogP contribution in [-0.4, -0.2) is 23.2 Å². The van der Waals surface area contributed by atoms with E-state index in [0.717, 1.165) is 88.5 Å². The SMILES string of the molecule is O=C1NN=C2CCCCCCC[C@H]3C(=O)NN=C3CCCCCCC[C@H]12. The van der Waals surface area contributed by atoms with Gasteiger partial charge in [0, 0.05) is 0 Å². The first-order chi connectivity index (χ1) is 12.8. The van der Waals surface area contributed by atoms with Crippen molar-refractivity contribution >= 4 is 23.2 Å². The Labute approximate surface area is 156 Å². The summed E-state index contributed by atoms with van der Waals surface area (Å²) in [4.78, 5) is 24.0. The average molecular weight is 361 g/mol. The molecule has 0 aromatic rings. The maximum atomic E-state index is 12.0. The van der Waals surface area contributed by atoms with Crippen LogP contribution in [0.1, 0.15) is 89.9 Å². The first kappa shape index (κ1) is 19.1. The number of hydrogen-bond donors (Lipinski definition) is 2. The van der Waals surface area contributed by atoms with E-state index in [4.69, 9.17) is 0 Å². The predicted molar refractivity (Wildman–Crippen MR) is 103 cm³/mol. The second-order valence-electron chi connectivity index (χ2n) is 7.88. The highest BCUT2D eigenvalue weighted by Crippen LogP contribution is 2.23. The van der Waals surface area contributed by atoms with Crippen LogP contribution in [0.15, 0.2) is 10.2 Å². The molecular weight excluding hydrogens is 328 g/mol. The Morgan fingerprint density at radius 1 is 0.577 bits per heavy atom. The monoisotopic (exact) mass is 360 g/mol. The number of rotatable bonds is 0. The van der Waals surface area contributed by atoms with E-state index in [9.17, 15) is 9.59 Å². The molecule has 0 aromatic heterocycles. The Hall–Kier alpha value is -1.72. The molecule has 6 nitrogen and oxygen atoms in total. The normalized spacial score (nSPS) is 29.4. The van der Waals surface area contributed by atoms with Crippen LogP contribution in [0.5, 0.6) is 0 Å². The van der Waals surface area contributed by atoms with Crippen molar-refractivity contribution in [2.45, 2.75) is 89.9 Å². The molecule has 1 aliphatic carbocycles. The van der Waals surface area contributed by atoms with Gasteiger partial charge in [0.25, 0.3) is 0 Å². The molecular formula is C20H32N4O2. The Bertz CT molecular complexity index is 520. The van der Waals surface area contributed by atoms with Crippen LogP contribution in [0.2, 0.25) is 0 Å². The van der Waals surface area contributed by atoms with Crippen LogP contribution in [0, 0.1) is 11.8 Å². The van der Waals surface area contributed by atoms with Gasteiger partial charge in [0.05, 0.1) is 23.3 Å². The lowest BCUT2D eigenvalue weighted by Crippen LogP contribution is -2.23. The van der Waals surface area contributed by atoms with E-state index >= 15 is 0 Å². The molecule has 0 spiro atoms. The van der Waals surface area contributed by atoms with Gasteiger partial charge in [-0.2, -0.15) is 10.2 Å². The van der Waals surface area contributed by atoms with Gasteiger partial charge in [0.2, 0.25) is 11.8 Å². The minimum Gasteiger partial charge on any atom is -0.272 e. The average Bonchev–Trinajstić information content (AvgIpc) is 3.16. The van der Waals surface area contributed by atoms with Crippen LogP contribution < -0.4 is 10.9 Å². The molecule has 2 amide bonds. The number of hydrazone groups is 2. The second kappa shape index (κ2) is 9.83. The zero-order valence-corrected chi connectivity index (χ0v) is 15.8. The summed E-state index contributed by atoms with van der Waals surface area (Å²) in [5.74, 6) is 0.216. The highest BCUT2D eigenvalue weighted by molar-refractivity contribution is 6.08. The van der Waals surface area contributed by atoms with E-state index < -0.39 is 0 Å². The number of nitrogens with one attached hydrogen (secondary N) is 2. The lowest BCUT2D eigenvalue weighted by atomic mass is 9.90. The number of carbonyl (C=O) groups is 2.